The van der Waals surface area contributed by atoms with E-state index in [0.717, 1.165) is 16.2 Å². The van der Waals surface area contributed by atoms with E-state index >= 15 is 0 Å². The van der Waals surface area contributed by atoms with E-state index in [1.165, 1.54) is 28.4 Å². The van der Waals surface area contributed by atoms with Crippen molar-refractivity contribution in [3.63, 3.8) is 0 Å². The molecule has 1 aromatic heterocycles. The van der Waals surface area contributed by atoms with Crippen LogP contribution >= 0.6 is 22.9 Å². The maximum absolute atomic E-state index is 13.7. The molecule has 6 heteroatoms. The molecule has 0 unspecified atom stereocenters. The molecule has 1 heterocycles. The van der Waals surface area contributed by atoms with E-state index in [2.05, 4.69) is 0 Å². The summed E-state index contributed by atoms with van der Waals surface area (Å²) >= 11 is 7.59. The second kappa shape index (κ2) is 6.26. The molecule has 0 atom stereocenters. The van der Waals surface area contributed by atoms with Crippen LogP contribution in [0, 0.1) is 11.6 Å². The number of benzene rings is 2. The van der Waals surface area contributed by atoms with Crippen molar-refractivity contribution >= 4 is 38.9 Å². The molecule has 0 bridgehead atoms. The van der Waals surface area contributed by atoms with Gasteiger partial charge in [-0.05, 0) is 12.1 Å². The van der Waals surface area contributed by atoms with Crippen molar-refractivity contribution in [1.29, 1.82) is 0 Å². The molecule has 0 saturated heterocycles. The van der Waals surface area contributed by atoms with Crippen molar-refractivity contribution in [2.75, 3.05) is 7.05 Å². The number of amides is 1. The third kappa shape index (κ3) is 3.07. The molecule has 3 aromatic rings. The van der Waals surface area contributed by atoms with Crippen LogP contribution in [0.25, 0.3) is 10.1 Å². The fourth-order valence-electron chi connectivity index (χ4n) is 2.30. The summed E-state index contributed by atoms with van der Waals surface area (Å²) in [5.74, 6) is -1.61. The minimum Gasteiger partial charge on any atom is -0.337 e. The lowest BCUT2D eigenvalue weighted by Crippen LogP contribution is -2.26. The number of nitrogens with zero attached hydrogens (tertiary/aromatic N) is 1. The van der Waals surface area contributed by atoms with Crippen molar-refractivity contribution in [3.8, 4) is 0 Å². The molecule has 0 spiro atoms. The highest BCUT2D eigenvalue weighted by Gasteiger charge is 2.21. The molecule has 0 N–H and O–H groups in total. The zero-order valence-electron chi connectivity index (χ0n) is 12.1. The predicted molar refractivity (Wildman–Crippen MR) is 89.0 cm³/mol. The Morgan fingerprint density at radius 3 is 2.65 bits per heavy atom. The van der Waals surface area contributed by atoms with Gasteiger partial charge in [-0.1, -0.05) is 35.9 Å². The number of carbonyl (C=O) groups excluding carboxylic acids is 1. The molecule has 2 nitrogen and oxygen atoms in total. The van der Waals surface area contributed by atoms with Gasteiger partial charge in [0, 0.05) is 35.3 Å². The Bertz CT molecular complexity index is 893. The normalized spacial score (nSPS) is 11.0. The number of carbonyl (C=O) groups is 1. The number of hydrogen-bond donors (Lipinski definition) is 0. The molecule has 0 radical (unpaired) electrons. The summed E-state index contributed by atoms with van der Waals surface area (Å²) in [6.45, 7) is 0.0372. The number of thiophene rings is 1. The van der Waals surface area contributed by atoms with Crippen molar-refractivity contribution in [3.05, 3.63) is 69.6 Å². The minimum atomic E-state index is -0.674. The van der Waals surface area contributed by atoms with Gasteiger partial charge in [-0.15, -0.1) is 11.3 Å². The first-order chi connectivity index (χ1) is 11.0. The van der Waals surface area contributed by atoms with Crippen LogP contribution in [0.5, 0.6) is 0 Å². The molecular weight excluding hydrogens is 340 g/mol. The number of hydrogen-bond acceptors (Lipinski definition) is 2. The van der Waals surface area contributed by atoms with Crippen molar-refractivity contribution < 1.29 is 13.6 Å². The molecule has 0 aliphatic heterocycles. The Kier molecular flexibility index (Phi) is 4.33. The highest BCUT2D eigenvalue weighted by molar-refractivity contribution is 7.21. The van der Waals surface area contributed by atoms with Gasteiger partial charge in [0.05, 0.1) is 5.02 Å². The Hall–Kier alpha value is -1.98. The summed E-state index contributed by atoms with van der Waals surface area (Å²) in [6.07, 6.45) is 0. The maximum atomic E-state index is 13.7. The zero-order valence-corrected chi connectivity index (χ0v) is 13.7. The lowest BCUT2D eigenvalue weighted by atomic mass is 10.2. The highest BCUT2D eigenvalue weighted by Crippen LogP contribution is 2.35. The molecule has 0 aliphatic rings. The Labute approximate surface area is 140 Å². The topological polar surface area (TPSA) is 20.3 Å². The standard InChI is InChI=1S/C17H12ClF2NOS/c1-21(9-10-6-7-11(19)8-13(10)20)17(22)16-15(18)12-4-2-3-5-14(12)23-16/h2-8H,9H2,1H3. The van der Waals surface area contributed by atoms with E-state index in [-0.39, 0.29) is 18.0 Å². The van der Waals surface area contributed by atoms with Gasteiger partial charge in [0.15, 0.2) is 0 Å². The molecule has 118 valence electrons. The van der Waals surface area contributed by atoms with Crippen LogP contribution in [0.2, 0.25) is 5.02 Å². The summed E-state index contributed by atoms with van der Waals surface area (Å²) < 4.78 is 27.6. The monoisotopic (exact) mass is 351 g/mol. The number of fused-ring (bicyclic) bond motifs is 1. The van der Waals surface area contributed by atoms with E-state index < -0.39 is 11.6 Å². The quantitative estimate of drug-likeness (QED) is 0.642. The summed E-state index contributed by atoms with van der Waals surface area (Å²) in [5, 5.41) is 1.23. The molecule has 23 heavy (non-hydrogen) atoms. The van der Waals surface area contributed by atoms with E-state index in [1.807, 2.05) is 24.3 Å². The van der Waals surface area contributed by atoms with Crippen molar-refractivity contribution in [1.82, 2.24) is 4.90 Å². The van der Waals surface area contributed by atoms with Crippen molar-refractivity contribution in [2.45, 2.75) is 6.54 Å². The molecule has 2 aromatic carbocycles. The van der Waals surface area contributed by atoms with E-state index in [0.29, 0.717) is 9.90 Å². The van der Waals surface area contributed by atoms with Gasteiger partial charge in [0.25, 0.3) is 5.91 Å². The third-order valence-corrected chi connectivity index (χ3v) is 5.16. The average Bonchev–Trinajstić information content (AvgIpc) is 2.87. The lowest BCUT2D eigenvalue weighted by Gasteiger charge is -2.17. The molecule has 0 aliphatic carbocycles. The van der Waals surface area contributed by atoms with Crippen LogP contribution in [0.15, 0.2) is 42.5 Å². The van der Waals surface area contributed by atoms with Crippen LogP contribution in [0.1, 0.15) is 15.2 Å². The molecular formula is C17H12ClF2NOS. The smallest absolute Gasteiger partial charge is 0.265 e. The maximum Gasteiger partial charge on any atom is 0.265 e. The van der Waals surface area contributed by atoms with E-state index in [1.54, 1.807) is 7.05 Å². The predicted octanol–water partition coefficient (Wildman–Crippen LogP) is 5.11. The van der Waals surface area contributed by atoms with Crippen LogP contribution in [0.3, 0.4) is 0 Å². The molecule has 1 amide bonds. The highest BCUT2D eigenvalue weighted by atomic mass is 35.5. The fourth-order valence-corrected chi connectivity index (χ4v) is 3.81. The SMILES string of the molecule is CN(Cc1ccc(F)cc1F)C(=O)c1sc2ccccc2c1Cl. The third-order valence-electron chi connectivity index (χ3n) is 3.50. The van der Waals surface area contributed by atoms with Crippen LogP contribution in [-0.4, -0.2) is 17.9 Å². The van der Waals surface area contributed by atoms with Gasteiger partial charge in [0.2, 0.25) is 0 Å². The van der Waals surface area contributed by atoms with Gasteiger partial charge < -0.3 is 4.90 Å². The molecule has 3 rings (SSSR count). The van der Waals surface area contributed by atoms with Gasteiger partial charge in [0.1, 0.15) is 16.5 Å². The van der Waals surface area contributed by atoms with Crippen LogP contribution in [0.4, 0.5) is 8.78 Å². The second-order valence-electron chi connectivity index (χ2n) is 5.14. The summed E-state index contributed by atoms with van der Waals surface area (Å²) in [4.78, 5) is 14.4. The number of halogens is 3. The lowest BCUT2D eigenvalue weighted by molar-refractivity contribution is 0.0789. The number of rotatable bonds is 3. The fraction of sp³-hybridized carbons (Fsp3) is 0.118. The van der Waals surface area contributed by atoms with Gasteiger partial charge in [-0.2, -0.15) is 0 Å². The van der Waals surface area contributed by atoms with Crippen LogP contribution in [-0.2, 0) is 6.54 Å². The Morgan fingerprint density at radius 1 is 1.22 bits per heavy atom. The first-order valence-corrected chi connectivity index (χ1v) is 8.03. The average molecular weight is 352 g/mol. The molecule has 0 saturated carbocycles. The first-order valence-electron chi connectivity index (χ1n) is 6.84. The first kappa shape index (κ1) is 15.9. The van der Waals surface area contributed by atoms with Gasteiger partial charge in [-0.25, -0.2) is 8.78 Å². The van der Waals surface area contributed by atoms with E-state index in [4.69, 9.17) is 11.6 Å². The minimum absolute atomic E-state index is 0.0372. The molecule has 0 fully saturated rings. The van der Waals surface area contributed by atoms with Crippen molar-refractivity contribution in [2.24, 2.45) is 0 Å². The second-order valence-corrected chi connectivity index (χ2v) is 6.57. The van der Waals surface area contributed by atoms with Gasteiger partial charge in [-0.3, -0.25) is 4.79 Å². The Balaban J connectivity index is 1.88. The zero-order chi connectivity index (χ0) is 16.6. The summed E-state index contributed by atoms with van der Waals surface area (Å²) in [7, 11) is 1.56. The van der Waals surface area contributed by atoms with E-state index in [9.17, 15) is 13.6 Å². The largest absolute Gasteiger partial charge is 0.337 e. The van der Waals surface area contributed by atoms with Crippen LogP contribution < -0.4 is 0 Å². The summed E-state index contributed by atoms with van der Waals surface area (Å²) in [6, 6.07) is 10.8. The Morgan fingerprint density at radius 2 is 1.96 bits per heavy atom. The van der Waals surface area contributed by atoms with Gasteiger partial charge >= 0.3 is 0 Å². The summed E-state index contributed by atoms with van der Waals surface area (Å²) in [5.41, 5.74) is 0.250.